The SMILES string of the molecule is Cc1ccc(-c2cc(-c3cccs3)on2)cc1. The van der Waals surface area contributed by atoms with E-state index in [2.05, 4.69) is 36.3 Å². The molecular weight excluding hydrogens is 230 g/mol. The Morgan fingerprint density at radius 3 is 2.65 bits per heavy atom. The van der Waals surface area contributed by atoms with Crippen molar-refractivity contribution in [2.75, 3.05) is 0 Å². The molecule has 0 unspecified atom stereocenters. The minimum absolute atomic E-state index is 0.829. The smallest absolute Gasteiger partial charge is 0.177 e. The van der Waals surface area contributed by atoms with E-state index in [1.165, 1.54) is 5.56 Å². The maximum absolute atomic E-state index is 5.35. The zero-order chi connectivity index (χ0) is 11.7. The average Bonchev–Trinajstić information content (AvgIpc) is 3.00. The molecule has 0 spiro atoms. The van der Waals surface area contributed by atoms with E-state index in [1.54, 1.807) is 11.3 Å². The Morgan fingerprint density at radius 1 is 1.12 bits per heavy atom. The first-order chi connectivity index (χ1) is 8.33. The normalized spacial score (nSPS) is 10.6. The van der Waals surface area contributed by atoms with E-state index in [0.717, 1.165) is 21.9 Å². The zero-order valence-electron chi connectivity index (χ0n) is 9.38. The second kappa shape index (κ2) is 4.18. The number of hydrogen-bond donors (Lipinski definition) is 0. The summed E-state index contributed by atoms with van der Waals surface area (Å²) in [5.41, 5.74) is 3.21. The number of hydrogen-bond acceptors (Lipinski definition) is 3. The molecule has 0 bridgehead atoms. The first kappa shape index (κ1) is 10.3. The maximum atomic E-state index is 5.35. The van der Waals surface area contributed by atoms with Crippen molar-refractivity contribution in [1.82, 2.24) is 5.16 Å². The molecule has 0 N–H and O–H groups in total. The summed E-state index contributed by atoms with van der Waals surface area (Å²) in [6.45, 7) is 2.07. The van der Waals surface area contributed by atoms with Crippen LogP contribution >= 0.6 is 11.3 Å². The molecule has 0 radical (unpaired) electrons. The van der Waals surface area contributed by atoms with Crippen LogP contribution in [0, 0.1) is 6.92 Å². The first-order valence-corrected chi connectivity index (χ1v) is 6.28. The Bertz CT molecular complexity index is 608. The van der Waals surface area contributed by atoms with Crippen LogP contribution in [-0.4, -0.2) is 5.16 Å². The lowest BCUT2D eigenvalue weighted by Crippen LogP contribution is -1.76. The van der Waals surface area contributed by atoms with Crippen molar-refractivity contribution >= 4 is 11.3 Å². The van der Waals surface area contributed by atoms with Gasteiger partial charge in [0.15, 0.2) is 5.76 Å². The summed E-state index contributed by atoms with van der Waals surface area (Å²) in [6.07, 6.45) is 0. The lowest BCUT2D eigenvalue weighted by atomic mass is 10.1. The maximum Gasteiger partial charge on any atom is 0.177 e. The van der Waals surface area contributed by atoms with Crippen molar-refractivity contribution in [3.63, 3.8) is 0 Å². The molecular formula is C14H11NOS. The van der Waals surface area contributed by atoms with E-state index in [4.69, 9.17) is 4.52 Å². The second-order valence-electron chi connectivity index (χ2n) is 3.92. The molecule has 84 valence electrons. The monoisotopic (exact) mass is 241 g/mol. The number of rotatable bonds is 2. The fourth-order valence-corrected chi connectivity index (χ4v) is 2.34. The molecule has 3 rings (SSSR count). The summed E-state index contributed by atoms with van der Waals surface area (Å²) in [4.78, 5) is 1.11. The molecule has 0 aliphatic carbocycles. The molecule has 2 nitrogen and oxygen atoms in total. The van der Waals surface area contributed by atoms with E-state index in [9.17, 15) is 0 Å². The van der Waals surface area contributed by atoms with Crippen LogP contribution in [-0.2, 0) is 0 Å². The van der Waals surface area contributed by atoms with Crippen LogP contribution in [0.4, 0.5) is 0 Å². The summed E-state index contributed by atoms with van der Waals surface area (Å²) in [5, 5.41) is 6.13. The van der Waals surface area contributed by atoms with Gasteiger partial charge in [0.05, 0.1) is 4.88 Å². The van der Waals surface area contributed by atoms with E-state index >= 15 is 0 Å². The predicted molar refractivity (Wildman–Crippen MR) is 70.0 cm³/mol. The van der Waals surface area contributed by atoms with Crippen LogP contribution in [0.15, 0.2) is 52.4 Å². The van der Waals surface area contributed by atoms with Crippen LogP contribution in [0.25, 0.3) is 21.9 Å². The molecule has 0 amide bonds. The van der Waals surface area contributed by atoms with Gasteiger partial charge in [0.25, 0.3) is 0 Å². The third kappa shape index (κ3) is 2.01. The van der Waals surface area contributed by atoms with Crippen molar-refractivity contribution in [1.29, 1.82) is 0 Å². The van der Waals surface area contributed by atoms with Gasteiger partial charge in [0, 0.05) is 11.6 Å². The van der Waals surface area contributed by atoms with Crippen LogP contribution in [0.3, 0.4) is 0 Å². The number of benzene rings is 1. The standard InChI is InChI=1S/C14H11NOS/c1-10-4-6-11(7-5-10)12-9-13(16-15-12)14-3-2-8-17-14/h2-9H,1H3. The summed E-state index contributed by atoms with van der Waals surface area (Å²) >= 11 is 1.65. The average molecular weight is 241 g/mol. The lowest BCUT2D eigenvalue weighted by molar-refractivity contribution is 0.436. The highest BCUT2D eigenvalue weighted by Gasteiger charge is 2.08. The summed E-state index contributed by atoms with van der Waals surface area (Å²) in [7, 11) is 0. The molecule has 0 atom stereocenters. The van der Waals surface area contributed by atoms with Crippen molar-refractivity contribution < 1.29 is 4.52 Å². The highest BCUT2D eigenvalue weighted by Crippen LogP contribution is 2.28. The van der Waals surface area contributed by atoms with Gasteiger partial charge in [-0.1, -0.05) is 41.1 Å². The highest BCUT2D eigenvalue weighted by atomic mass is 32.1. The first-order valence-electron chi connectivity index (χ1n) is 5.40. The Labute approximate surface area is 104 Å². The van der Waals surface area contributed by atoms with Gasteiger partial charge >= 0.3 is 0 Å². The van der Waals surface area contributed by atoms with E-state index in [1.807, 2.05) is 23.6 Å². The van der Waals surface area contributed by atoms with Gasteiger partial charge in [-0.25, -0.2) is 0 Å². The second-order valence-corrected chi connectivity index (χ2v) is 4.87. The largest absolute Gasteiger partial charge is 0.355 e. The molecule has 0 fully saturated rings. The molecule has 0 saturated heterocycles. The fourth-order valence-electron chi connectivity index (χ4n) is 1.67. The van der Waals surface area contributed by atoms with Gasteiger partial charge in [-0.05, 0) is 18.4 Å². The fraction of sp³-hybridized carbons (Fsp3) is 0.0714. The van der Waals surface area contributed by atoms with Crippen molar-refractivity contribution in [3.8, 4) is 21.9 Å². The van der Waals surface area contributed by atoms with Gasteiger partial charge in [-0.3, -0.25) is 0 Å². The quantitative estimate of drug-likeness (QED) is 0.665. The van der Waals surface area contributed by atoms with Crippen molar-refractivity contribution in [2.45, 2.75) is 6.92 Å². The number of aryl methyl sites for hydroxylation is 1. The van der Waals surface area contributed by atoms with Gasteiger partial charge in [0.1, 0.15) is 5.69 Å². The van der Waals surface area contributed by atoms with Crippen LogP contribution in [0.2, 0.25) is 0 Å². The topological polar surface area (TPSA) is 26.0 Å². The van der Waals surface area contributed by atoms with Gasteiger partial charge in [0.2, 0.25) is 0 Å². The van der Waals surface area contributed by atoms with E-state index in [0.29, 0.717) is 0 Å². The van der Waals surface area contributed by atoms with E-state index < -0.39 is 0 Å². The Morgan fingerprint density at radius 2 is 1.94 bits per heavy atom. The molecule has 3 heteroatoms. The van der Waals surface area contributed by atoms with Crippen molar-refractivity contribution in [2.24, 2.45) is 0 Å². The predicted octanol–water partition coefficient (Wildman–Crippen LogP) is 4.38. The summed E-state index contributed by atoms with van der Waals surface area (Å²) in [6, 6.07) is 14.3. The minimum Gasteiger partial charge on any atom is -0.355 e. The molecule has 17 heavy (non-hydrogen) atoms. The van der Waals surface area contributed by atoms with Crippen LogP contribution in [0.1, 0.15) is 5.56 Å². The Balaban J connectivity index is 1.98. The van der Waals surface area contributed by atoms with E-state index in [-0.39, 0.29) is 0 Å². The number of nitrogens with zero attached hydrogens (tertiary/aromatic N) is 1. The number of thiophene rings is 1. The Kier molecular flexibility index (Phi) is 2.53. The highest BCUT2D eigenvalue weighted by molar-refractivity contribution is 7.13. The van der Waals surface area contributed by atoms with Gasteiger partial charge in [-0.15, -0.1) is 11.3 Å². The molecule has 3 aromatic rings. The molecule has 0 aliphatic heterocycles. The lowest BCUT2D eigenvalue weighted by Gasteiger charge is -1.95. The molecule has 0 aliphatic rings. The minimum atomic E-state index is 0.829. The molecule has 2 heterocycles. The molecule has 0 saturated carbocycles. The van der Waals surface area contributed by atoms with Crippen LogP contribution in [0.5, 0.6) is 0 Å². The zero-order valence-corrected chi connectivity index (χ0v) is 10.2. The van der Waals surface area contributed by atoms with Gasteiger partial charge < -0.3 is 4.52 Å². The third-order valence-electron chi connectivity index (χ3n) is 2.62. The molecule has 2 aromatic heterocycles. The Hall–Kier alpha value is -1.87. The van der Waals surface area contributed by atoms with Crippen LogP contribution < -0.4 is 0 Å². The third-order valence-corrected chi connectivity index (χ3v) is 3.51. The summed E-state index contributed by atoms with van der Waals surface area (Å²) in [5.74, 6) is 0.829. The molecule has 1 aromatic carbocycles. The summed E-state index contributed by atoms with van der Waals surface area (Å²) < 4.78 is 5.35. The number of aromatic nitrogens is 1. The van der Waals surface area contributed by atoms with Gasteiger partial charge in [-0.2, -0.15) is 0 Å². The van der Waals surface area contributed by atoms with Crippen molar-refractivity contribution in [3.05, 3.63) is 53.4 Å².